The van der Waals surface area contributed by atoms with Gasteiger partial charge in [-0.05, 0) is 26.3 Å². The van der Waals surface area contributed by atoms with Crippen LogP contribution in [0.3, 0.4) is 0 Å². The van der Waals surface area contributed by atoms with Crippen LogP contribution in [0.4, 0.5) is 8.78 Å². The molecule has 3 rings (SSSR count). The number of carbonyl (C=O) groups is 1. The maximum Gasteiger partial charge on any atom is 0.265 e. The summed E-state index contributed by atoms with van der Waals surface area (Å²) in [6, 6.07) is 3.01. The lowest BCUT2D eigenvalue weighted by Crippen LogP contribution is -2.37. The van der Waals surface area contributed by atoms with Gasteiger partial charge in [-0.25, -0.2) is 8.78 Å². The molecule has 0 bridgehead atoms. The summed E-state index contributed by atoms with van der Waals surface area (Å²) in [5, 5.41) is 3.51. The van der Waals surface area contributed by atoms with E-state index in [-0.39, 0.29) is 11.8 Å². The molecule has 2 heterocycles. The summed E-state index contributed by atoms with van der Waals surface area (Å²) in [4.78, 5) is 20.5. The molecule has 1 amide bonds. The van der Waals surface area contributed by atoms with Crippen LogP contribution in [0.25, 0.3) is 0 Å². The highest BCUT2D eigenvalue weighted by molar-refractivity contribution is 8.16. The molecule has 24 heavy (non-hydrogen) atoms. The van der Waals surface area contributed by atoms with Gasteiger partial charge in [0.25, 0.3) is 5.91 Å². The largest absolute Gasteiger partial charge is 0.358 e. The third-order valence-corrected chi connectivity index (χ3v) is 5.59. The first-order valence-electron chi connectivity index (χ1n) is 7.62. The quantitative estimate of drug-likeness (QED) is 0.907. The molecule has 2 aliphatic rings. The number of aliphatic imine (C=N–C) groups is 2. The van der Waals surface area contributed by atoms with E-state index in [9.17, 15) is 13.6 Å². The lowest BCUT2D eigenvalue weighted by atomic mass is 9.89. The van der Waals surface area contributed by atoms with Crippen molar-refractivity contribution in [3.63, 3.8) is 0 Å². The Morgan fingerprint density at radius 2 is 2.21 bits per heavy atom. The molecule has 1 aromatic carbocycles. The van der Waals surface area contributed by atoms with Crippen molar-refractivity contribution in [2.24, 2.45) is 15.9 Å². The molecule has 0 aliphatic carbocycles. The van der Waals surface area contributed by atoms with Crippen LogP contribution in [0, 0.1) is 17.6 Å². The van der Waals surface area contributed by atoms with E-state index in [4.69, 9.17) is 0 Å². The zero-order valence-corrected chi connectivity index (χ0v) is 14.1. The van der Waals surface area contributed by atoms with Crippen LogP contribution >= 0.6 is 11.8 Å². The van der Waals surface area contributed by atoms with E-state index in [2.05, 4.69) is 15.3 Å². The Morgan fingerprint density at radius 1 is 1.42 bits per heavy atom. The van der Waals surface area contributed by atoms with Crippen molar-refractivity contribution in [3.05, 3.63) is 47.7 Å². The first-order valence-corrected chi connectivity index (χ1v) is 8.44. The van der Waals surface area contributed by atoms with Crippen LogP contribution in [-0.2, 0) is 4.79 Å². The number of rotatable bonds is 3. The lowest BCUT2D eigenvalue weighted by molar-refractivity contribution is -0.120. The van der Waals surface area contributed by atoms with Gasteiger partial charge in [0.15, 0.2) is 5.17 Å². The number of carbonyl (C=O) groups excluding carboxylic acids is 1. The number of hydrogen-bond acceptors (Lipinski definition) is 4. The van der Waals surface area contributed by atoms with Crippen LogP contribution < -0.4 is 5.32 Å². The zero-order valence-electron chi connectivity index (χ0n) is 13.3. The number of thioether (sulfide) groups is 1. The van der Waals surface area contributed by atoms with Crippen molar-refractivity contribution < 1.29 is 13.6 Å². The molecule has 4 nitrogen and oxygen atoms in total. The Labute approximate surface area is 143 Å². The fourth-order valence-electron chi connectivity index (χ4n) is 2.76. The Hall–Kier alpha value is -2.02. The summed E-state index contributed by atoms with van der Waals surface area (Å²) in [6.07, 6.45) is 6.06. The molecule has 0 fully saturated rings. The molecule has 3 atom stereocenters. The highest BCUT2D eigenvalue weighted by Crippen LogP contribution is 2.42. The second-order valence-corrected chi connectivity index (χ2v) is 7.42. The number of amidine groups is 1. The van der Waals surface area contributed by atoms with E-state index in [1.54, 1.807) is 19.3 Å². The number of benzene rings is 1. The van der Waals surface area contributed by atoms with Gasteiger partial charge in [0.1, 0.15) is 16.4 Å². The summed E-state index contributed by atoms with van der Waals surface area (Å²) < 4.78 is 26.2. The van der Waals surface area contributed by atoms with Gasteiger partial charge < -0.3 is 5.32 Å². The van der Waals surface area contributed by atoms with Crippen LogP contribution in [0.5, 0.6) is 0 Å². The third kappa shape index (κ3) is 3.13. The normalized spacial score (nSPS) is 27.2. The fourth-order valence-corrected chi connectivity index (χ4v) is 3.98. The van der Waals surface area contributed by atoms with Crippen LogP contribution in [0.1, 0.15) is 31.9 Å². The highest BCUT2D eigenvalue weighted by Gasteiger charge is 2.46. The minimum Gasteiger partial charge on any atom is -0.358 e. The van der Waals surface area contributed by atoms with E-state index in [1.165, 1.54) is 23.9 Å². The minimum atomic E-state index is -0.702. The Bertz CT molecular complexity index is 762. The van der Waals surface area contributed by atoms with Gasteiger partial charge in [-0.2, -0.15) is 4.99 Å². The van der Waals surface area contributed by atoms with Gasteiger partial charge in [-0.1, -0.05) is 23.9 Å². The second-order valence-electron chi connectivity index (χ2n) is 5.98. The van der Waals surface area contributed by atoms with Gasteiger partial charge >= 0.3 is 0 Å². The van der Waals surface area contributed by atoms with Gasteiger partial charge in [-0.15, -0.1) is 0 Å². The average Bonchev–Trinajstić information content (AvgIpc) is 2.83. The van der Waals surface area contributed by atoms with Crippen LogP contribution in [-0.4, -0.2) is 22.0 Å². The van der Waals surface area contributed by atoms with Crippen molar-refractivity contribution in [2.45, 2.75) is 31.1 Å². The van der Waals surface area contributed by atoms with E-state index < -0.39 is 22.4 Å². The predicted octanol–water partition coefficient (Wildman–Crippen LogP) is 3.61. The number of nitrogens with one attached hydrogen (secondary N) is 1. The average molecular weight is 349 g/mol. The van der Waals surface area contributed by atoms with Crippen molar-refractivity contribution in [1.82, 2.24) is 5.32 Å². The number of halogens is 2. The molecule has 1 N–H and O–H groups in total. The van der Waals surface area contributed by atoms with E-state index >= 15 is 0 Å². The first-order chi connectivity index (χ1) is 11.4. The highest BCUT2D eigenvalue weighted by atomic mass is 32.2. The van der Waals surface area contributed by atoms with Crippen molar-refractivity contribution in [3.8, 4) is 0 Å². The second kappa shape index (κ2) is 6.47. The number of hydrogen-bond donors (Lipinski definition) is 1. The molecule has 2 aliphatic heterocycles. The van der Waals surface area contributed by atoms with Crippen molar-refractivity contribution >= 4 is 29.1 Å². The van der Waals surface area contributed by atoms with E-state index in [1.807, 2.05) is 13.0 Å². The molecule has 0 spiro atoms. The summed E-state index contributed by atoms with van der Waals surface area (Å²) in [5.74, 6) is -1.45. The Kier molecular flexibility index (Phi) is 4.54. The topological polar surface area (TPSA) is 53.8 Å². The SMILES string of the molecule is C[C@H](NC1=NC(=O)[C@](C)(C2C=CN=CC2)S1)c1ccc(F)cc1F. The van der Waals surface area contributed by atoms with E-state index in [0.717, 1.165) is 6.07 Å². The van der Waals surface area contributed by atoms with Crippen molar-refractivity contribution in [1.29, 1.82) is 0 Å². The number of allylic oxidation sites excluding steroid dienone is 1. The standard InChI is InChI=1S/C17H17F2N3OS/c1-10(13-4-3-12(18)9-14(13)19)21-16-22-15(23)17(2,24-16)11-5-7-20-8-6-11/h3-5,7-11H,6H2,1-2H3,(H,21,22,23)/t10-,11?,17-/m0/s1. The van der Waals surface area contributed by atoms with Crippen LogP contribution in [0.15, 0.2) is 40.5 Å². The van der Waals surface area contributed by atoms with Crippen LogP contribution in [0.2, 0.25) is 0 Å². The zero-order chi connectivity index (χ0) is 17.3. The van der Waals surface area contributed by atoms with Gasteiger partial charge in [0.2, 0.25) is 0 Å². The summed E-state index contributed by atoms with van der Waals surface area (Å²) in [7, 11) is 0. The minimum absolute atomic E-state index is 0.00779. The fraction of sp³-hybridized carbons (Fsp3) is 0.353. The molecule has 0 aromatic heterocycles. The monoisotopic (exact) mass is 349 g/mol. The molecule has 0 saturated heterocycles. The van der Waals surface area contributed by atoms with Crippen molar-refractivity contribution in [2.75, 3.05) is 0 Å². The molecule has 0 radical (unpaired) electrons. The predicted molar refractivity (Wildman–Crippen MR) is 92.1 cm³/mol. The maximum atomic E-state index is 13.9. The third-order valence-electron chi connectivity index (χ3n) is 4.28. The molecule has 126 valence electrons. The summed E-state index contributed by atoms with van der Waals surface area (Å²) in [6.45, 7) is 3.60. The molecule has 1 aromatic rings. The Balaban J connectivity index is 1.72. The maximum absolute atomic E-state index is 13.9. The molecule has 0 saturated carbocycles. The molecular formula is C17H17F2N3OS. The lowest BCUT2D eigenvalue weighted by Gasteiger charge is -2.28. The summed E-state index contributed by atoms with van der Waals surface area (Å²) >= 11 is 1.34. The Morgan fingerprint density at radius 3 is 2.88 bits per heavy atom. The summed E-state index contributed by atoms with van der Waals surface area (Å²) in [5.41, 5.74) is 0.324. The van der Waals surface area contributed by atoms with Gasteiger partial charge in [0, 0.05) is 30.0 Å². The molecule has 7 heteroatoms. The molecule has 1 unspecified atom stereocenters. The number of amides is 1. The van der Waals surface area contributed by atoms with Gasteiger partial charge in [-0.3, -0.25) is 9.79 Å². The molecular weight excluding hydrogens is 332 g/mol. The number of nitrogens with zero attached hydrogens (tertiary/aromatic N) is 2. The van der Waals surface area contributed by atoms with E-state index in [0.29, 0.717) is 17.2 Å². The first kappa shape index (κ1) is 16.8. The van der Waals surface area contributed by atoms with Gasteiger partial charge in [0.05, 0.1) is 6.04 Å². The smallest absolute Gasteiger partial charge is 0.265 e.